The third-order valence-electron chi connectivity index (χ3n) is 6.18. The van der Waals surface area contributed by atoms with Crippen LogP contribution >= 0.6 is 0 Å². The summed E-state index contributed by atoms with van der Waals surface area (Å²) < 4.78 is 6.94. The zero-order valence-electron chi connectivity index (χ0n) is 21.7. The van der Waals surface area contributed by atoms with Crippen molar-refractivity contribution in [1.29, 1.82) is 0 Å². The van der Waals surface area contributed by atoms with Gasteiger partial charge in [0.1, 0.15) is 13.5 Å². The Kier molecular flexibility index (Phi) is 11.4. The van der Waals surface area contributed by atoms with E-state index in [0.717, 1.165) is 81.8 Å². The first-order chi connectivity index (χ1) is 16.8. The normalized spacial score (nSPS) is 16.9. The van der Waals surface area contributed by atoms with Gasteiger partial charge >= 0.3 is 0 Å². The Hall–Kier alpha value is -2.94. The van der Waals surface area contributed by atoms with Crippen molar-refractivity contribution in [2.24, 2.45) is 17.6 Å². The number of aryl methyl sites for hydroxylation is 2. The molecule has 2 saturated heterocycles. The number of aromatic nitrogens is 4. The number of carbonyl (C=O) groups is 2. The second-order valence-electron chi connectivity index (χ2n) is 8.59. The van der Waals surface area contributed by atoms with E-state index in [2.05, 4.69) is 37.1 Å². The molecule has 2 aliphatic heterocycles. The van der Waals surface area contributed by atoms with Crippen LogP contribution in [0.15, 0.2) is 31.1 Å². The number of anilines is 1. The minimum absolute atomic E-state index is 0.0900. The van der Waals surface area contributed by atoms with E-state index < -0.39 is 0 Å². The second-order valence-corrected chi connectivity index (χ2v) is 8.59. The lowest BCUT2D eigenvalue weighted by molar-refractivity contribution is -0.122. The Bertz CT molecular complexity index is 895. The molecule has 9 nitrogen and oxygen atoms in total. The van der Waals surface area contributed by atoms with Gasteiger partial charge in [-0.25, -0.2) is 19.9 Å². The Balaban J connectivity index is 0.000000203. The average Bonchev–Trinajstić information content (AvgIpc) is 2.90. The molecule has 0 bridgehead atoms. The standard InChI is InChI=1S/C13H19N3O.C6H12N2O.C6H8N2/c1-3-11-8-14-13(15-9-11)16-6-4-12(5-7-16)10(2)17;7-6(9)5-1-3-8-4-2-5;1-2-6-3-7-5-8-4-6/h8-9,12H,3-7H2,1-2H3;5,8H,1-4H2,(H2,7,9);3-5H,2H2,1H3/i;;5T. The topological polar surface area (TPSA) is 127 Å². The maximum atomic E-state index is 11.3. The van der Waals surface area contributed by atoms with Crippen molar-refractivity contribution in [3.8, 4) is 0 Å². The number of nitrogens with one attached hydrogen (secondary N) is 1. The van der Waals surface area contributed by atoms with Gasteiger partial charge in [-0.2, -0.15) is 0 Å². The van der Waals surface area contributed by atoms with Gasteiger partial charge in [0.15, 0.2) is 0 Å². The zero-order chi connectivity index (χ0) is 25.6. The maximum Gasteiger partial charge on any atom is 0.225 e. The van der Waals surface area contributed by atoms with Crippen LogP contribution < -0.4 is 16.0 Å². The van der Waals surface area contributed by atoms with Crippen molar-refractivity contribution in [1.82, 2.24) is 25.3 Å². The van der Waals surface area contributed by atoms with E-state index in [4.69, 9.17) is 7.10 Å². The number of hydrogen-bond acceptors (Lipinski definition) is 8. The zero-order valence-corrected chi connectivity index (χ0v) is 20.7. The molecule has 0 spiro atoms. The predicted octanol–water partition coefficient (Wildman–Crippen LogP) is 2.35. The van der Waals surface area contributed by atoms with Gasteiger partial charge in [-0.15, -0.1) is 0 Å². The van der Waals surface area contributed by atoms with Gasteiger partial charge in [-0.1, -0.05) is 13.8 Å². The second kappa shape index (κ2) is 15.1. The molecule has 0 aromatic carbocycles. The molecule has 4 heterocycles. The van der Waals surface area contributed by atoms with Crippen LogP contribution in [0, 0.1) is 11.8 Å². The minimum atomic E-state index is -0.142. The summed E-state index contributed by atoms with van der Waals surface area (Å²) in [5, 5.41) is 3.16. The smallest absolute Gasteiger partial charge is 0.225 e. The molecule has 0 aliphatic carbocycles. The summed E-state index contributed by atoms with van der Waals surface area (Å²) in [6.45, 7) is 9.46. The van der Waals surface area contributed by atoms with E-state index in [1.807, 2.05) is 19.3 Å². The molecule has 2 aromatic rings. The molecule has 0 unspecified atom stereocenters. The van der Waals surface area contributed by atoms with Crippen molar-refractivity contribution in [3.05, 3.63) is 42.2 Å². The fourth-order valence-corrected chi connectivity index (χ4v) is 3.76. The van der Waals surface area contributed by atoms with Crippen LogP contribution in [-0.4, -0.2) is 57.8 Å². The minimum Gasteiger partial charge on any atom is -0.369 e. The number of ketones is 1. The van der Waals surface area contributed by atoms with E-state index in [0.29, 0.717) is 5.78 Å². The third kappa shape index (κ3) is 9.51. The van der Waals surface area contributed by atoms with Crippen LogP contribution in [0.4, 0.5) is 5.95 Å². The van der Waals surface area contributed by atoms with Gasteiger partial charge in [0.25, 0.3) is 0 Å². The molecule has 3 N–H and O–H groups in total. The number of amides is 1. The molecule has 0 saturated carbocycles. The highest BCUT2D eigenvalue weighted by Gasteiger charge is 2.23. The van der Waals surface area contributed by atoms with E-state index in [1.165, 1.54) is 0 Å². The quantitative estimate of drug-likeness (QED) is 0.680. The summed E-state index contributed by atoms with van der Waals surface area (Å²) in [5.74, 6) is 1.33. The molecular formula is C25H39N7O2. The van der Waals surface area contributed by atoms with E-state index in [9.17, 15) is 9.59 Å². The summed E-state index contributed by atoms with van der Waals surface area (Å²) in [7, 11) is 0. The number of nitrogens with two attached hydrogens (primary N) is 1. The summed E-state index contributed by atoms with van der Waals surface area (Å²) in [6, 6.07) is 0. The van der Waals surface area contributed by atoms with Gasteiger partial charge in [0.2, 0.25) is 11.9 Å². The Morgan fingerprint density at radius 2 is 1.50 bits per heavy atom. The molecule has 186 valence electrons. The average molecular weight is 472 g/mol. The lowest BCUT2D eigenvalue weighted by atomic mass is 9.93. The molecule has 2 aliphatic rings. The van der Waals surface area contributed by atoms with Crippen molar-refractivity contribution in [2.75, 3.05) is 31.1 Å². The van der Waals surface area contributed by atoms with Crippen molar-refractivity contribution in [3.63, 3.8) is 0 Å². The lowest BCUT2D eigenvalue weighted by Gasteiger charge is -2.30. The largest absolute Gasteiger partial charge is 0.369 e. The van der Waals surface area contributed by atoms with E-state index in [-0.39, 0.29) is 24.0 Å². The van der Waals surface area contributed by atoms with Crippen molar-refractivity contribution >= 4 is 17.6 Å². The monoisotopic (exact) mass is 471 g/mol. The SMILES string of the molecule is CCc1cnc(N2CCC(C(C)=O)CC2)nc1.NC(=O)C1CCNCC1.[3H]c1ncc(CC)cn1. The number of rotatable bonds is 5. The Morgan fingerprint density at radius 1 is 0.971 bits per heavy atom. The Labute approximate surface area is 204 Å². The summed E-state index contributed by atoms with van der Waals surface area (Å²) in [5.41, 5.74) is 7.34. The van der Waals surface area contributed by atoms with Crippen molar-refractivity contribution < 1.29 is 11.0 Å². The highest BCUT2D eigenvalue weighted by Crippen LogP contribution is 2.21. The van der Waals surface area contributed by atoms with Crippen LogP contribution in [0.1, 0.15) is 59.0 Å². The van der Waals surface area contributed by atoms with Gasteiger partial charge in [0, 0.05) is 49.7 Å². The van der Waals surface area contributed by atoms with Crippen LogP contribution in [0.25, 0.3) is 0 Å². The number of nitrogens with zero attached hydrogens (tertiary/aromatic N) is 5. The van der Waals surface area contributed by atoms with Crippen LogP contribution in [0.2, 0.25) is 0 Å². The first kappa shape index (κ1) is 25.7. The third-order valence-corrected chi connectivity index (χ3v) is 6.18. The van der Waals surface area contributed by atoms with Crippen LogP contribution in [-0.2, 0) is 22.4 Å². The number of carbonyl (C=O) groups excluding carboxylic acids is 2. The van der Waals surface area contributed by atoms with Crippen LogP contribution in [0.5, 0.6) is 0 Å². The van der Waals surface area contributed by atoms with Gasteiger partial charge in [0.05, 0.1) is 0 Å². The molecular weight excluding hydrogens is 430 g/mol. The maximum absolute atomic E-state index is 11.3. The highest BCUT2D eigenvalue weighted by atomic mass is 16.1. The molecule has 34 heavy (non-hydrogen) atoms. The summed E-state index contributed by atoms with van der Waals surface area (Å²) in [6.07, 6.45) is 12.8. The molecule has 4 rings (SSSR count). The van der Waals surface area contributed by atoms with E-state index in [1.54, 1.807) is 19.3 Å². The molecule has 9 heteroatoms. The van der Waals surface area contributed by atoms with Crippen molar-refractivity contribution in [2.45, 2.75) is 59.3 Å². The number of Topliss-reactive ketones (excluding diaryl/α,β-unsaturated/α-hetero) is 1. The van der Waals surface area contributed by atoms with Gasteiger partial charge in [-0.3, -0.25) is 9.59 Å². The molecule has 0 radical (unpaired) electrons. The first-order valence-electron chi connectivity index (χ1n) is 12.7. The van der Waals surface area contributed by atoms with Gasteiger partial charge < -0.3 is 16.0 Å². The first-order valence-corrected chi connectivity index (χ1v) is 12.2. The van der Waals surface area contributed by atoms with Crippen LogP contribution in [0.3, 0.4) is 0 Å². The predicted molar refractivity (Wildman–Crippen MR) is 133 cm³/mol. The van der Waals surface area contributed by atoms with E-state index >= 15 is 0 Å². The fourth-order valence-electron chi connectivity index (χ4n) is 3.76. The summed E-state index contributed by atoms with van der Waals surface area (Å²) in [4.78, 5) is 40.1. The number of piperidine rings is 2. The molecule has 1 amide bonds. The summed E-state index contributed by atoms with van der Waals surface area (Å²) >= 11 is 0. The molecule has 2 aromatic heterocycles. The number of primary amides is 1. The number of hydrogen-bond donors (Lipinski definition) is 2. The lowest BCUT2D eigenvalue weighted by Crippen LogP contribution is -2.36. The molecule has 2 fully saturated rings. The highest BCUT2D eigenvalue weighted by molar-refractivity contribution is 5.78. The van der Waals surface area contributed by atoms with Gasteiger partial charge in [-0.05, 0) is 69.7 Å². The fraction of sp³-hybridized carbons (Fsp3) is 0.600. The Morgan fingerprint density at radius 3 is 1.94 bits per heavy atom. The molecule has 0 atom stereocenters.